The molecule has 0 amide bonds. The van der Waals surface area contributed by atoms with Gasteiger partial charge in [0.05, 0.1) is 40.3 Å². The van der Waals surface area contributed by atoms with Crippen molar-refractivity contribution in [3.63, 3.8) is 0 Å². The Bertz CT molecular complexity index is 1020. The number of aliphatic carboxylic acids is 1. The number of carboxylic acid groups (broad SMARTS) is 1. The van der Waals surface area contributed by atoms with E-state index in [1.165, 1.54) is 96.3 Å². The van der Waals surface area contributed by atoms with Crippen LogP contribution in [0.1, 0.15) is 200 Å². The summed E-state index contributed by atoms with van der Waals surface area (Å²) in [6, 6.07) is -0.730. The first kappa shape index (κ1) is 53.6. The van der Waals surface area contributed by atoms with Crippen molar-refractivity contribution in [2.75, 3.05) is 41.0 Å². The second-order valence-corrected chi connectivity index (χ2v) is 16.7. The van der Waals surface area contributed by atoms with E-state index in [0.29, 0.717) is 12.8 Å². The summed E-state index contributed by atoms with van der Waals surface area (Å²) in [4.78, 5) is 36.9. The molecule has 0 bridgehead atoms. The molecule has 0 radical (unpaired) electrons. The third-order valence-corrected chi connectivity index (χ3v) is 10.3. The summed E-state index contributed by atoms with van der Waals surface area (Å²) in [5.41, 5.74) is 0. The number of likely N-dealkylation sites (N-methyl/N-ethyl adjacent to an activating group) is 1. The van der Waals surface area contributed by atoms with Crippen LogP contribution in [0.4, 0.5) is 0 Å². The first-order valence-corrected chi connectivity index (χ1v) is 23.0. The van der Waals surface area contributed by atoms with Crippen molar-refractivity contribution >= 4 is 17.9 Å². The molecule has 0 aromatic rings. The molecule has 0 fully saturated rings. The molecule has 0 N–H and O–H groups in total. The van der Waals surface area contributed by atoms with Crippen LogP contribution in [-0.4, -0.2) is 75.5 Å². The zero-order chi connectivity index (χ0) is 41.4. The molecule has 0 aromatic carbocycles. The lowest BCUT2D eigenvalue weighted by molar-refractivity contribution is -0.889. The topological polar surface area (TPSA) is 102 Å². The Morgan fingerprint density at radius 1 is 0.536 bits per heavy atom. The molecule has 2 unspecified atom stereocenters. The maximum Gasteiger partial charge on any atom is 0.306 e. The molecule has 0 aliphatic heterocycles. The lowest BCUT2D eigenvalue weighted by Crippen LogP contribution is -2.55. The predicted octanol–water partition coefficient (Wildman–Crippen LogP) is 11.3. The standard InChI is InChI=1S/C48H87NO7/c1-6-8-10-12-14-16-18-20-22-23-24-25-27-28-30-32-34-36-38-46(50)55-43-44(42-54-41-40-45(48(52)53)49(3,4)5)56-47(51)39-37-35-33-31-29-26-21-19-17-15-13-11-9-7-2/h22-26,29,44-45H,6-21,27-28,30-43H2,1-5H3/b23-22+,25-24+,29-26+. The molecule has 326 valence electrons. The number of unbranched alkanes of at least 4 members (excludes halogenated alkanes) is 22. The van der Waals surface area contributed by atoms with Gasteiger partial charge in [-0.1, -0.05) is 153 Å². The van der Waals surface area contributed by atoms with Crippen LogP contribution in [0, 0.1) is 0 Å². The number of carbonyl (C=O) groups is 3. The van der Waals surface area contributed by atoms with Gasteiger partial charge in [0.1, 0.15) is 12.6 Å². The summed E-state index contributed by atoms with van der Waals surface area (Å²) >= 11 is 0. The summed E-state index contributed by atoms with van der Waals surface area (Å²) in [5, 5.41) is 11.6. The number of allylic oxidation sites excluding steroid dienone is 6. The number of nitrogens with zero attached hydrogens (tertiary/aromatic N) is 1. The van der Waals surface area contributed by atoms with Crippen LogP contribution in [0.2, 0.25) is 0 Å². The van der Waals surface area contributed by atoms with E-state index in [0.717, 1.165) is 70.6 Å². The van der Waals surface area contributed by atoms with Crippen molar-refractivity contribution in [1.82, 2.24) is 0 Å². The van der Waals surface area contributed by atoms with Gasteiger partial charge >= 0.3 is 11.9 Å². The summed E-state index contributed by atoms with van der Waals surface area (Å²) in [5.74, 6) is -1.77. The van der Waals surface area contributed by atoms with Crippen LogP contribution < -0.4 is 5.11 Å². The minimum absolute atomic E-state index is 0.0307. The van der Waals surface area contributed by atoms with Gasteiger partial charge in [0.15, 0.2) is 6.10 Å². The van der Waals surface area contributed by atoms with Gasteiger partial charge in [-0.25, -0.2) is 0 Å². The van der Waals surface area contributed by atoms with Crippen molar-refractivity contribution in [2.45, 2.75) is 212 Å². The molecule has 8 nitrogen and oxygen atoms in total. The van der Waals surface area contributed by atoms with Crippen LogP contribution >= 0.6 is 0 Å². The van der Waals surface area contributed by atoms with Crippen LogP contribution in [-0.2, 0) is 28.6 Å². The maximum absolute atomic E-state index is 12.7. The van der Waals surface area contributed by atoms with Gasteiger partial charge in [0, 0.05) is 19.3 Å². The Hall–Kier alpha value is -2.45. The molecular formula is C48H87NO7. The second-order valence-electron chi connectivity index (χ2n) is 16.7. The van der Waals surface area contributed by atoms with Crippen molar-refractivity contribution in [2.24, 2.45) is 0 Å². The van der Waals surface area contributed by atoms with Gasteiger partial charge in [0.2, 0.25) is 0 Å². The molecule has 0 rings (SSSR count). The van der Waals surface area contributed by atoms with Crippen molar-refractivity contribution < 1.29 is 38.2 Å². The highest BCUT2D eigenvalue weighted by molar-refractivity contribution is 5.70. The van der Waals surface area contributed by atoms with E-state index >= 15 is 0 Å². The molecule has 56 heavy (non-hydrogen) atoms. The Kier molecular flexibility index (Phi) is 37.7. The van der Waals surface area contributed by atoms with Gasteiger partial charge in [-0.15, -0.1) is 0 Å². The van der Waals surface area contributed by atoms with Crippen molar-refractivity contribution in [1.29, 1.82) is 0 Å². The minimum atomic E-state index is -1.13. The van der Waals surface area contributed by atoms with Gasteiger partial charge in [-0.2, -0.15) is 0 Å². The van der Waals surface area contributed by atoms with E-state index in [2.05, 4.69) is 50.3 Å². The van der Waals surface area contributed by atoms with Crippen LogP contribution in [0.25, 0.3) is 0 Å². The number of ether oxygens (including phenoxy) is 3. The molecule has 0 saturated heterocycles. The number of hydrogen-bond acceptors (Lipinski definition) is 7. The Morgan fingerprint density at radius 2 is 0.946 bits per heavy atom. The quantitative estimate of drug-likeness (QED) is 0.0200. The third kappa shape index (κ3) is 37.1. The van der Waals surface area contributed by atoms with E-state index in [-0.39, 0.29) is 42.7 Å². The number of rotatable bonds is 41. The second kappa shape index (κ2) is 39.4. The normalized spacial score (nSPS) is 13.2. The molecule has 0 heterocycles. The van der Waals surface area contributed by atoms with E-state index in [9.17, 15) is 19.5 Å². The average Bonchev–Trinajstić information content (AvgIpc) is 3.15. The van der Waals surface area contributed by atoms with E-state index in [4.69, 9.17) is 14.2 Å². The van der Waals surface area contributed by atoms with Gasteiger partial charge in [-0.3, -0.25) is 9.59 Å². The van der Waals surface area contributed by atoms with Crippen LogP contribution in [0.15, 0.2) is 36.5 Å². The monoisotopic (exact) mass is 790 g/mol. The Balaban J connectivity index is 4.36. The fraction of sp³-hybridized carbons (Fsp3) is 0.812. The first-order chi connectivity index (χ1) is 27.1. The minimum Gasteiger partial charge on any atom is -0.544 e. The van der Waals surface area contributed by atoms with Crippen LogP contribution in [0.3, 0.4) is 0 Å². The summed E-state index contributed by atoms with van der Waals surface area (Å²) in [7, 11) is 5.40. The lowest BCUT2D eigenvalue weighted by Gasteiger charge is -2.34. The van der Waals surface area contributed by atoms with E-state index in [1.54, 1.807) is 21.1 Å². The van der Waals surface area contributed by atoms with Gasteiger partial charge in [0.25, 0.3) is 0 Å². The number of esters is 2. The average molecular weight is 790 g/mol. The highest BCUT2D eigenvalue weighted by atomic mass is 16.6. The molecule has 2 atom stereocenters. The fourth-order valence-electron chi connectivity index (χ4n) is 6.64. The number of hydrogen-bond donors (Lipinski definition) is 0. The molecule has 0 aliphatic rings. The highest BCUT2D eigenvalue weighted by Gasteiger charge is 2.25. The molecule has 0 aromatic heterocycles. The smallest absolute Gasteiger partial charge is 0.306 e. The highest BCUT2D eigenvalue weighted by Crippen LogP contribution is 2.13. The van der Waals surface area contributed by atoms with Crippen LogP contribution in [0.5, 0.6) is 0 Å². The largest absolute Gasteiger partial charge is 0.544 e. The Morgan fingerprint density at radius 3 is 1.41 bits per heavy atom. The fourth-order valence-corrected chi connectivity index (χ4v) is 6.64. The molecule has 0 spiro atoms. The van der Waals surface area contributed by atoms with Gasteiger partial charge < -0.3 is 28.6 Å². The third-order valence-electron chi connectivity index (χ3n) is 10.3. The van der Waals surface area contributed by atoms with Gasteiger partial charge in [-0.05, 0) is 64.2 Å². The summed E-state index contributed by atoms with van der Waals surface area (Å²) < 4.78 is 17.1. The predicted molar refractivity (Wildman–Crippen MR) is 231 cm³/mol. The molecule has 0 aliphatic carbocycles. The van der Waals surface area contributed by atoms with Crippen molar-refractivity contribution in [3.05, 3.63) is 36.5 Å². The zero-order valence-corrected chi connectivity index (χ0v) is 37.1. The molecule has 0 saturated carbocycles. The van der Waals surface area contributed by atoms with Crippen molar-refractivity contribution in [3.8, 4) is 0 Å². The molecule has 8 heteroatoms. The Labute approximate surface area is 344 Å². The van der Waals surface area contributed by atoms with E-state index in [1.807, 2.05) is 0 Å². The number of carboxylic acids is 1. The molecular weight excluding hydrogens is 703 g/mol. The SMILES string of the molecule is CCCCCCCCC/C=C/C=C/CCCCCCCC(=O)OCC(COCCC(C(=O)[O-])[N+](C)(C)C)OC(=O)CCCCC/C=C/CCCCCCCCC. The number of quaternary nitrogens is 1. The lowest BCUT2D eigenvalue weighted by atomic mass is 10.1. The summed E-state index contributed by atoms with van der Waals surface area (Å²) in [6.07, 6.45) is 44.5. The first-order valence-electron chi connectivity index (χ1n) is 23.0. The summed E-state index contributed by atoms with van der Waals surface area (Å²) in [6.45, 7) is 4.63. The van der Waals surface area contributed by atoms with E-state index < -0.39 is 18.1 Å². The number of carbonyl (C=O) groups excluding carboxylic acids is 3. The maximum atomic E-state index is 12.7. The zero-order valence-electron chi connectivity index (χ0n) is 37.1.